The van der Waals surface area contributed by atoms with Gasteiger partial charge in [0.15, 0.2) is 0 Å². The highest BCUT2D eigenvalue weighted by Gasteiger charge is 1.92. The number of aromatic nitrogens is 1. The maximum Gasteiger partial charge on any atom is 0.282 e. The van der Waals surface area contributed by atoms with Gasteiger partial charge in [-0.1, -0.05) is 0 Å². The lowest BCUT2D eigenvalue weighted by atomic mass is 10.3. The standard InChI is InChI=1S/C6H7NO3/c8-4-5-1-2-6(9)7(10)3-5/h1-3,8,10H,4H2. The summed E-state index contributed by atoms with van der Waals surface area (Å²) in [6.45, 7) is -0.180. The molecule has 4 heteroatoms. The van der Waals surface area contributed by atoms with E-state index in [2.05, 4.69) is 0 Å². The minimum absolute atomic E-state index is 0.180. The van der Waals surface area contributed by atoms with Crippen molar-refractivity contribution in [2.45, 2.75) is 6.61 Å². The van der Waals surface area contributed by atoms with Crippen molar-refractivity contribution in [2.24, 2.45) is 0 Å². The lowest BCUT2D eigenvalue weighted by Gasteiger charge is -1.96. The molecular weight excluding hydrogens is 134 g/mol. The molecule has 0 bridgehead atoms. The van der Waals surface area contributed by atoms with Crippen molar-refractivity contribution in [1.82, 2.24) is 4.73 Å². The minimum atomic E-state index is -0.503. The summed E-state index contributed by atoms with van der Waals surface area (Å²) >= 11 is 0. The second-order valence-electron chi connectivity index (χ2n) is 1.88. The smallest absolute Gasteiger partial charge is 0.282 e. The zero-order valence-corrected chi connectivity index (χ0v) is 5.19. The van der Waals surface area contributed by atoms with Gasteiger partial charge in [-0.25, -0.2) is 0 Å². The van der Waals surface area contributed by atoms with Crippen molar-refractivity contribution in [2.75, 3.05) is 0 Å². The fraction of sp³-hybridized carbons (Fsp3) is 0.167. The van der Waals surface area contributed by atoms with Gasteiger partial charge in [-0.15, -0.1) is 0 Å². The summed E-state index contributed by atoms with van der Waals surface area (Å²) in [4.78, 5) is 10.5. The van der Waals surface area contributed by atoms with E-state index < -0.39 is 5.56 Å². The molecule has 0 spiro atoms. The van der Waals surface area contributed by atoms with Crippen LogP contribution in [-0.4, -0.2) is 15.0 Å². The Labute approximate surface area is 56.9 Å². The third kappa shape index (κ3) is 1.16. The average Bonchev–Trinajstić information content (AvgIpc) is 1.95. The molecule has 0 radical (unpaired) electrons. The molecule has 2 N–H and O–H groups in total. The third-order valence-corrected chi connectivity index (χ3v) is 1.14. The highest BCUT2D eigenvalue weighted by Crippen LogP contribution is 1.91. The number of rotatable bonds is 1. The zero-order chi connectivity index (χ0) is 7.56. The van der Waals surface area contributed by atoms with Crippen LogP contribution in [0.25, 0.3) is 0 Å². The van der Waals surface area contributed by atoms with Crippen LogP contribution in [-0.2, 0) is 6.61 Å². The van der Waals surface area contributed by atoms with Crippen molar-refractivity contribution >= 4 is 0 Å². The third-order valence-electron chi connectivity index (χ3n) is 1.14. The van der Waals surface area contributed by atoms with E-state index in [0.717, 1.165) is 0 Å². The number of hydrogen-bond donors (Lipinski definition) is 2. The molecular formula is C6H7NO3. The molecule has 0 aromatic carbocycles. The number of aliphatic hydroxyl groups is 1. The molecule has 4 nitrogen and oxygen atoms in total. The largest absolute Gasteiger partial charge is 0.425 e. The van der Waals surface area contributed by atoms with Crippen LogP contribution in [0.3, 0.4) is 0 Å². The molecule has 1 aromatic rings. The molecule has 0 aliphatic heterocycles. The topological polar surface area (TPSA) is 62.5 Å². The van der Waals surface area contributed by atoms with Gasteiger partial charge < -0.3 is 10.3 Å². The Morgan fingerprint density at radius 2 is 2.20 bits per heavy atom. The number of hydrogen-bond acceptors (Lipinski definition) is 3. The first-order valence-electron chi connectivity index (χ1n) is 2.76. The maximum atomic E-state index is 10.5. The monoisotopic (exact) mass is 141 g/mol. The average molecular weight is 141 g/mol. The fourth-order valence-electron chi connectivity index (χ4n) is 0.612. The van der Waals surface area contributed by atoms with Crippen molar-refractivity contribution in [3.8, 4) is 0 Å². The highest BCUT2D eigenvalue weighted by molar-refractivity contribution is 5.07. The van der Waals surface area contributed by atoms with Gasteiger partial charge in [0.05, 0.1) is 12.8 Å². The summed E-state index contributed by atoms with van der Waals surface area (Å²) in [7, 11) is 0. The van der Waals surface area contributed by atoms with Gasteiger partial charge in [0, 0.05) is 6.07 Å². The second-order valence-corrected chi connectivity index (χ2v) is 1.88. The highest BCUT2D eigenvalue weighted by atomic mass is 16.5. The quantitative estimate of drug-likeness (QED) is 0.522. The number of nitrogens with zero attached hydrogens (tertiary/aromatic N) is 1. The van der Waals surface area contributed by atoms with E-state index in [4.69, 9.17) is 10.3 Å². The minimum Gasteiger partial charge on any atom is -0.425 e. The van der Waals surface area contributed by atoms with Crippen LogP contribution in [0.5, 0.6) is 0 Å². The Kier molecular flexibility index (Phi) is 1.73. The fourth-order valence-corrected chi connectivity index (χ4v) is 0.612. The van der Waals surface area contributed by atoms with Gasteiger partial charge in [-0.3, -0.25) is 4.79 Å². The normalized spacial score (nSPS) is 9.70. The van der Waals surface area contributed by atoms with E-state index in [9.17, 15) is 4.79 Å². The van der Waals surface area contributed by atoms with Crippen molar-refractivity contribution in [3.05, 3.63) is 34.2 Å². The molecule has 1 aromatic heterocycles. The summed E-state index contributed by atoms with van der Waals surface area (Å²) in [6, 6.07) is 2.64. The summed E-state index contributed by atoms with van der Waals surface area (Å²) in [6.07, 6.45) is 1.17. The first-order chi connectivity index (χ1) is 4.74. The van der Waals surface area contributed by atoms with Crippen LogP contribution in [0.4, 0.5) is 0 Å². The van der Waals surface area contributed by atoms with Gasteiger partial charge in [-0.2, -0.15) is 4.73 Å². The SMILES string of the molecule is O=c1ccc(CO)cn1O. The molecule has 10 heavy (non-hydrogen) atoms. The Bertz CT molecular complexity index is 279. The molecule has 0 unspecified atom stereocenters. The van der Waals surface area contributed by atoms with E-state index in [1.54, 1.807) is 0 Å². The van der Waals surface area contributed by atoms with Crippen LogP contribution < -0.4 is 5.56 Å². The summed E-state index contributed by atoms with van der Waals surface area (Å²) in [5, 5.41) is 17.3. The molecule has 0 fully saturated rings. The van der Waals surface area contributed by atoms with Crippen LogP contribution in [0.15, 0.2) is 23.1 Å². The molecule has 0 saturated carbocycles. The maximum absolute atomic E-state index is 10.5. The summed E-state index contributed by atoms with van der Waals surface area (Å²) < 4.78 is 0.436. The Morgan fingerprint density at radius 1 is 1.50 bits per heavy atom. The molecule has 1 heterocycles. The van der Waals surface area contributed by atoms with Crippen LogP contribution in [0, 0.1) is 0 Å². The number of pyridine rings is 1. The van der Waals surface area contributed by atoms with E-state index in [1.165, 1.54) is 18.3 Å². The molecule has 1 rings (SSSR count). The van der Waals surface area contributed by atoms with E-state index >= 15 is 0 Å². The van der Waals surface area contributed by atoms with E-state index in [0.29, 0.717) is 10.3 Å². The Balaban J connectivity index is 3.17. The molecule has 0 amide bonds. The predicted octanol–water partition coefficient (Wildman–Crippen LogP) is -0.422. The van der Waals surface area contributed by atoms with E-state index in [-0.39, 0.29) is 6.61 Å². The molecule has 0 saturated heterocycles. The first kappa shape index (κ1) is 6.82. The predicted molar refractivity (Wildman–Crippen MR) is 33.8 cm³/mol. The van der Waals surface area contributed by atoms with Crippen molar-refractivity contribution in [3.63, 3.8) is 0 Å². The van der Waals surface area contributed by atoms with Gasteiger partial charge >= 0.3 is 0 Å². The molecule has 0 aliphatic rings. The second kappa shape index (κ2) is 2.53. The van der Waals surface area contributed by atoms with Crippen LogP contribution >= 0.6 is 0 Å². The van der Waals surface area contributed by atoms with Crippen LogP contribution in [0.1, 0.15) is 5.56 Å². The summed E-state index contributed by atoms with van der Waals surface area (Å²) in [5.41, 5.74) is -0.000648. The van der Waals surface area contributed by atoms with Gasteiger partial charge in [0.1, 0.15) is 0 Å². The molecule has 54 valence electrons. The lowest BCUT2D eigenvalue weighted by Crippen LogP contribution is -2.15. The number of aliphatic hydroxyl groups excluding tert-OH is 1. The lowest BCUT2D eigenvalue weighted by molar-refractivity contribution is 0.171. The van der Waals surface area contributed by atoms with Gasteiger partial charge in [0.25, 0.3) is 5.56 Å². The Morgan fingerprint density at radius 3 is 2.70 bits per heavy atom. The van der Waals surface area contributed by atoms with Crippen molar-refractivity contribution < 1.29 is 10.3 Å². The van der Waals surface area contributed by atoms with E-state index in [1.807, 2.05) is 0 Å². The summed E-state index contributed by atoms with van der Waals surface area (Å²) in [5.74, 6) is 0. The van der Waals surface area contributed by atoms with Crippen molar-refractivity contribution in [1.29, 1.82) is 0 Å². The van der Waals surface area contributed by atoms with Crippen LogP contribution in [0.2, 0.25) is 0 Å². The zero-order valence-electron chi connectivity index (χ0n) is 5.19. The Hall–Kier alpha value is -1.29. The molecule has 0 atom stereocenters. The van der Waals surface area contributed by atoms with Gasteiger partial charge in [-0.05, 0) is 11.6 Å². The van der Waals surface area contributed by atoms with Gasteiger partial charge in [0.2, 0.25) is 0 Å². The first-order valence-corrected chi connectivity index (χ1v) is 2.76. The molecule has 0 aliphatic carbocycles.